The van der Waals surface area contributed by atoms with Gasteiger partial charge in [0, 0.05) is 6.20 Å². The number of nitrogen functional groups attached to an aromatic ring is 1. The van der Waals surface area contributed by atoms with Crippen molar-refractivity contribution in [2.75, 3.05) is 12.3 Å². The number of carbonyl (C=O) groups excluding carboxylic acids is 1. The third kappa shape index (κ3) is 4.07. The van der Waals surface area contributed by atoms with Crippen LogP contribution in [-0.2, 0) is 9.47 Å². The Bertz CT molecular complexity index is 865. The molecule has 0 aliphatic carbocycles. The lowest BCUT2D eigenvalue weighted by atomic mass is 10.1. The van der Waals surface area contributed by atoms with Crippen molar-refractivity contribution in [2.45, 2.75) is 24.4 Å². The van der Waals surface area contributed by atoms with Crippen molar-refractivity contribution in [1.29, 1.82) is 0 Å². The quantitative estimate of drug-likeness (QED) is 0.731. The zero-order chi connectivity index (χ0) is 18.9. The fraction of sp³-hybridized carbons (Fsp3) is 0.312. The van der Waals surface area contributed by atoms with Crippen molar-refractivity contribution in [3.05, 3.63) is 58.6 Å². The van der Waals surface area contributed by atoms with E-state index in [1.807, 2.05) is 0 Å². The first-order valence-corrected chi connectivity index (χ1v) is 7.59. The van der Waals surface area contributed by atoms with Crippen molar-refractivity contribution in [3.63, 3.8) is 0 Å². The second-order valence-corrected chi connectivity index (χ2v) is 5.65. The number of anilines is 1. The molecule has 1 saturated heterocycles. The third-order valence-corrected chi connectivity index (χ3v) is 3.87. The molecule has 0 spiro atoms. The molecule has 3 N–H and O–H groups in total. The van der Waals surface area contributed by atoms with Crippen LogP contribution in [0.3, 0.4) is 0 Å². The molecule has 3 atom stereocenters. The highest BCUT2D eigenvalue weighted by Gasteiger charge is 2.60. The fourth-order valence-corrected chi connectivity index (χ4v) is 2.53. The first kappa shape index (κ1) is 20.7. The van der Waals surface area contributed by atoms with Crippen molar-refractivity contribution >= 4 is 24.2 Å². The fourth-order valence-electron chi connectivity index (χ4n) is 2.53. The maximum atomic E-state index is 14.3. The molecule has 11 heteroatoms. The molecule has 1 aliphatic heterocycles. The van der Waals surface area contributed by atoms with E-state index in [-0.39, 0.29) is 23.8 Å². The van der Waals surface area contributed by atoms with Crippen LogP contribution in [0.1, 0.15) is 16.6 Å². The molecule has 0 radical (unpaired) electrons. The van der Waals surface area contributed by atoms with Gasteiger partial charge in [-0.25, -0.2) is 9.59 Å². The minimum absolute atomic E-state index is 0. The predicted molar refractivity (Wildman–Crippen MR) is 91.7 cm³/mol. The summed E-state index contributed by atoms with van der Waals surface area (Å²) in [5.41, 5.74) is 4.50. The van der Waals surface area contributed by atoms with Crippen molar-refractivity contribution in [3.8, 4) is 0 Å². The molecule has 2 aromatic rings. The number of halogens is 3. The Morgan fingerprint density at radius 1 is 1.33 bits per heavy atom. The Hall–Kier alpha value is -2.56. The van der Waals surface area contributed by atoms with Gasteiger partial charge in [0.05, 0.1) is 5.56 Å². The molecule has 0 saturated carbocycles. The molecule has 1 aliphatic rings. The van der Waals surface area contributed by atoms with Crippen LogP contribution in [0.5, 0.6) is 0 Å². The Balaban J connectivity index is 0.00000261. The Morgan fingerprint density at radius 2 is 2.00 bits per heavy atom. The van der Waals surface area contributed by atoms with E-state index >= 15 is 0 Å². The van der Waals surface area contributed by atoms with Crippen molar-refractivity contribution in [1.82, 2.24) is 9.55 Å². The molecular formula is C16H16ClF2N3O5. The van der Waals surface area contributed by atoms with Crippen LogP contribution in [0.2, 0.25) is 0 Å². The van der Waals surface area contributed by atoms with Gasteiger partial charge in [0.15, 0.2) is 6.10 Å². The van der Waals surface area contributed by atoms with Gasteiger partial charge in [0.2, 0.25) is 6.23 Å². The van der Waals surface area contributed by atoms with E-state index in [2.05, 4.69) is 4.98 Å². The van der Waals surface area contributed by atoms with Crippen LogP contribution < -0.4 is 11.4 Å². The van der Waals surface area contributed by atoms with Gasteiger partial charge in [-0.05, 0) is 18.2 Å². The number of benzene rings is 1. The summed E-state index contributed by atoms with van der Waals surface area (Å²) in [6.07, 6.45) is -4.90. The number of aliphatic hydroxyl groups excluding tert-OH is 1. The highest BCUT2D eigenvalue weighted by molar-refractivity contribution is 5.89. The van der Waals surface area contributed by atoms with E-state index in [1.165, 1.54) is 12.1 Å². The number of hydrogen-bond acceptors (Lipinski definition) is 7. The molecule has 1 aromatic heterocycles. The molecule has 1 aromatic carbocycles. The molecular weight excluding hydrogens is 388 g/mol. The lowest BCUT2D eigenvalue weighted by Gasteiger charge is -2.20. The molecule has 0 unspecified atom stereocenters. The average molecular weight is 404 g/mol. The number of hydrogen-bond donors (Lipinski definition) is 2. The first-order valence-electron chi connectivity index (χ1n) is 7.59. The predicted octanol–water partition coefficient (Wildman–Crippen LogP) is 0.998. The molecule has 0 amide bonds. The first-order chi connectivity index (χ1) is 12.3. The average Bonchev–Trinajstić information content (AvgIpc) is 2.84. The van der Waals surface area contributed by atoms with Gasteiger partial charge in [0.25, 0.3) is 0 Å². The summed E-state index contributed by atoms with van der Waals surface area (Å²) in [5.74, 6) is -4.69. The number of carbonyl (C=O) groups is 1. The Kier molecular flexibility index (Phi) is 6.14. The standard InChI is InChI=1S/C16H15F2N3O5.ClH/c17-16(18)12(22)10(8-25-13(23)9-4-2-1-3-5-9)26-14(16)21-7-6-11(19)20-15(21)24;/h1-7,10,12,14,22H,8H2,(H2,19,20,24);1H/t10-,12-,14-;/m1./s1. The summed E-state index contributed by atoms with van der Waals surface area (Å²) in [6.45, 7) is -0.613. The maximum Gasteiger partial charge on any atom is 0.351 e. The van der Waals surface area contributed by atoms with Crippen LogP contribution in [0, 0.1) is 0 Å². The van der Waals surface area contributed by atoms with E-state index in [1.54, 1.807) is 18.2 Å². The van der Waals surface area contributed by atoms with Crippen LogP contribution in [-0.4, -0.2) is 45.4 Å². The molecule has 8 nitrogen and oxygen atoms in total. The molecule has 1 fully saturated rings. The number of rotatable bonds is 4. The molecule has 3 rings (SSSR count). The third-order valence-electron chi connectivity index (χ3n) is 3.87. The topological polar surface area (TPSA) is 117 Å². The minimum atomic E-state index is -3.80. The number of nitrogens with zero attached hydrogens (tertiary/aromatic N) is 2. The van der Waals surface area contributed by atoms with E-state index in [0.29, 0.717) is 4.57 Å². The SMILES string of the molecule is Cl.Nc1ccn([C@@H]2O[C@H](COC(=O)c3ccccc3)[C@@H](O)C2(F)F)c(=O)n1. The van der Waals surface area contributed by atoms with Gasteiger partial charge >= 0.3 is 17.6 Å². The smallest absolute Gasteiger partial charge is 0.351 e. The number of nitrogens with two attached hydrogens (primary N) is 1. The highest BCUT2D eigenvalue weighted by atomic mass is 35.5. The number of aromatic nitrogens is 2. The number of alkyl halides is 2. The van der Waals surface area contributed by atoms with Crippen LogP contribution in [0.4, 0.5) is 14.6 Å². The molecule has 0 bridgehead atoms. The summed E-state index contributed by atoms with van der Waals surface area (Å²) in [7, 11) is 0. The molecule has 27 heavy (non-hydrogen) atoms. The monoisotopic (exact) mass is 403 g/mol. The van der Waals surface area contributed by atoms with Gasteiger partial charge in [-0.3, -0.25) is 4.57 Å². The number of ether oxygens (including phenoxy) is 2. The van der Waals surface area contributed by atoms with Crippen molar-refractivity contribution < 1.29 is 28.2 Å². The van der Waals surface area contributed by atoms with Gasteiger partial charge in [-0.15, -0.1) is 12.4 Å². The van der Waals surface area contributed by atoms with Crippen LogP contribution in [0.15, 0.2) is 47.4 Å². The van der Waals surface area contributed by atoms with E-state index in [9.17, 15) is 23.5 Å². The van der Waals surface area contributed by atoms with Gasteiger partial charge in [-0.1, -0.05) is 18.2 Å². The largest absolute Gasteiger partial charge is 0.459 e. The Morgan fingerprint density at radius 3 is 2.63 bits per heavy atom. The number of aliphatic hydroxyl groups is 1. The normalized spacial score (nSPS) is 23.4. The summed E-state index contributed by atoms with van der Waals surface area (Å²) in [6, 6.07) is 9.06. The zero-order valence-electron chi connectivity index (χ0n) is 13.7. The van der Waals surface area contributed by atoms with Crippen LogP contribution >= 0.6 is 12.4 Å². The lowest BCUT2D eigenvalue weighted by Crippen LogP contribution is -2.42. The van der Waals surface area contributed by atoms with Gasteiger partial charge < -0.3 is 20.3 Å². The molecule has 2 heterocycles. The summed E-state index contributed by atoms with van der Waals surface area (Å²) in [4.78, 5) is 27.0. The lowest BCUT2D eigenvalue weighted by molar-refractivity contribution is -0.141. The summed E-state index contributed by atoms with van der Waals surface area (Å²) in [5, 5.41) is 9.85. The van der Waals surface area contributed by atoms with Crippen LogP contribution in [0.25, 0.3) is 0 Å². The highest BCUT2D eigenvalue weighted by Crippen LogP contribution is 2.42. The molecule has 146 valence electrons. The maximum absolute atomic E-state index is 14.3. The summed E-state index contributed by atoms with van der Waals surface area (Å²) < 4.78 is 39.2. The minimum Gasteiger partial charge on any atom is -0.459 e. The Labute approximate surface area is 157 Å². The van der Waals surface area contributed by atoms with Gasteiger partial charge in [0.1, 0.15) is 18.5 Å². The second kappa shape index (κ2) is 7.99. The van der Waals surface area contributed by atoms with E-state index < -0.39 is 42.6 Å². The second-order valence-electron chi connectivity index (χ2n) is 5.65. The van der Waals surface area contributed by atoms with Gasteiger partial charge in [-0.2, -0.15) is 13.8 Å². The number of esters is 1. The summed E-state index contributed by atoms with van der Waals surface area (Å²) >= 11 is 0. The van der Waals surface area contributed by atoms with Crippen molar-refractivity contribution in [2.24, 2.45) is 0 Å². The van der Waals surface area contributed by atoms with E-state index in [0.717, 1.165) is 12.3 Å². The zero-order valence-corrected chi connectivity index (χ0v) is 14.5. The van der Waals surface area contributed by atoms with E-state index in [4.69, 9.17) is 15.2 Å².